The fourth-order valence-corrected chi connectivity index (χ4v) is 5.19. The summed E-state index contributed by atoms with van der Waals surface area (Å²) in [6, 6.07) is 6.70. The fourth-order valence-electron chi connectivity index (χ4n) is 5.19. The predicted octanol–water partition coefficient (Wildman–Crippen LogP) is 6.22. The second-order valence-electron chi connectivity index (χ2n) is 10.6. The zero-order chi connectivity index (χ0) is 33.1. The first kappa shape index (κ1) is 33.1. The van der Waals surface area contributed by atoms with E-state index in [-0.39, 0.29) is 12.8 Å². The molecular formula is C32H32F5N5O3. The van der Waals surface area contributed by atoms with Crippen molar-refractivity contribution in [3.8, 4) is 11.3 Å². The molecule has 13 heteroatoms. The minimum Gasteiger partial charge on any atom is -0.467 e. The molecule has 4 aromatic rings. The van der Waals surface area contributed by atoms with Crippen LogP contribution in [0.25, 0.3) is 22.2 Å². The summed E-state index contributed by atoms with van der Waals surface area (Å²) in [6.07, 6.45) is -1.87. The van der Waals surface area contributed by atoms with Crippen molar-refractivity contribution in [2.45, 2.75) is 44.9 Å². The Hall–Kier alpha value is -4.81. The van der Waals surface area contributed by atoms with Gasteiger partial charge < -0.3 is 20.3 Å². The third kappa shape index (κ3) is 7.13. The SMILES string of the molecule is CC[C@@H](Nc1cc(F)c(C(=O)N[C@@H](Cc2ccc(-c3nccc(C)c3N(C)C)c3ncccc23)C(=O)OC)c(F)c1)C(F)(F)F. The standard InChI is InChI=1S/C32H32F5N5O3/c1-6-25(32(35,36)37)40-19-15-22(33)26(23(34)16-19)30(43)41-24(31(44)45-5)14-18-9-10-21(27-20(18)8-7-12-38-27)28-29(42(3)4)17(2)11-13-39-28/h7-13,15-16,24-25,40H,6,14H2,1-5H3,(H,41,43)/t24-,25+/m0/s1. The van der Waals surface area contributed by atoms with Gasteiger partial charge >= 0.3 is 12.1 Å². The van der Waals surface area contributed by atoms with Crippen LogP contribution in [-0.2, 0) is 16.0 Å². The fraction of sp³-hybridized carbons (Fsp3) is 0.312. The molecule has 8 nitrogen and oxygen atoms in total. The van der Waals surface area contributed by atoms with Crippen LogP contribution in [0, 0.1) is 18.6 Å². The van der Waals surface area contributed by atoms with E-state index in [1.54, 1.807) is 36.7 Å². The van der Waals surface area contributed by atoms with Crippen LogP contribution < -0.4 is 15.5 Å². The van der Waals surface area contributed by atoms with Crippen molar-refractivity contribution in [3.63, 3.8) is 0 Å². The van der Waals surface area contributed by atoms with Gasteiger partial charge in [0, 0.05) is 49.5 Å². The van der Waals surface area contributed by atoms with Gasteiger partial charge in [0.25, 0.3) is 5.91 Å². The molecule has 1 amide bonds. The molecular weight excluding hydrogens is 597 g/mol. The number of nitrogens with zero attached hydrogens (tertiary/aromatic N) is 3. The predicted molar refractivity (Wildman–Crippen MR) is 161 cm³/mol. The Kier molecular flexibility index (Phi) is 9.89. The highest BCUT2D eigenvalue weighted by molar-refractivity contribution is 5.99. The van der Waals surface area contributed by atoms with Crippen LogP contribution in [0.4, 0.5) is 33.3 Å². The lowest BCUT2D eigenvalue weighted by atomic mass is 9.95. The van der Waals surface area contributed by atoms with Gasteiger partial charge in [-0.2, -0.15) is 13.2 Å². The number of methoxy groups -OCH3 is 1. The second kappa shape index (κ2) is 13.4. The lowest BCUT2D eigenvalue weighted by Gasteiger charge is -2.22. The first-order valence-corrected chi connectivity index (χ1v) is 14.0. The third-order valence-electron chi connectivity index (χ3n) is 7.32. The van der Waals surface area contributed by atoms with Crippen molar-refractivity contribution >= 4 is 34.2 Å². The van der Waals surface area contributed by atoms with Crippen molar-refractivity contribution in [1.29, 1.82) is 0 Å². The molecule has 0 aliphatic carbocycles. The number of rotatable bonds is 10. The van der Waals surface area contributed by atoms with Crippen LogP contribution in [-0.4, -0.2) is 61.3 Å². The Morgan fingerprint density at radius 3 is 2.31 bits per heavy atom. The van der Waals surface area contributed by atoms with Crippen LogP contribution in [0.1, 0.15) is 34.8 Å². The molecule has 0 radical (unpaired) electrons. The largest absolute Gasteiger partial charge is 0.467 e. The van der Waals surface area contributed by atoms with Gasteiger partial charge in [-0.3, -0.25) is 14.8 Å². The number of hydrogen-bond acceptors (Lipinski definition) is 7. The molecule has 2 atom stereocenters. The van der Waals surface area contributed by atoms with Gasteiger partial charge in [0.1, 0.15) is 29.3 Å². The zero-order valence-corrected chi connectivity index (χ0v) is 25.2. The number of ether oxygens (including phenoxy) is 1. The Morgan fingerprint density at radius 2 is 1.71 bits per heavy atom. The Bertz CT molecular complexity index is 1700. The van der Waals surface area contributed by atoms with E-state index in [1.807, 2.05) is 37.3 Å². The first-order valence-electron chi connectivity index (χ1n) is 14.0. The maximum absolute atomic E-state index is 14.9. The maximum atomic E-state index is 14.9. The van der Waals surface area contributed by atoms with E-state index in [0.29, 0.717) is 34.3 Å². The number of carbonyl (C=O) groups excluding carboxylic acids is 2. The number of aryl methyl sites for hydroxylation is 1. The number of anilines is 2. The number of pyridine rings is 2. The Balaban J connectivity index is 1.67. The number of hydrogen-bond donors (Lipinski definition) is 2. The molecule has 0 bridgehead atoms. The number of alkyl halides is 3. The van der Waals surface area contributed by atoms with Crippen molar-refractivity contribution < 1.29 is 36.3 Å². The number of aromatic nitrogens is 2. The molecule has 0 saturated heterocycles. The molecule has 0 saturated carbocycles. The molecule has 238 valence electrons. The van der Waals surface area contributed by atoms with Crippen LogP contribution in [0.5, 0.6) is 0 Å². The van der Waals surface area contributed by atoms with E-state index >= 15 is 0 Å². The zero-order valence-electron chi connectivity index (χ0n) is 25.2. The average molecular weight is 630 g/mol. The maximum Gasteiger partial charge on any atom is 0.408 e. The number of esters is 1. The molecule has 2 heterocycles. The highest BCUT2D eigenvalue weighted by Gasteiger charge is 2.38. The van der Waals surface area contributed by atoms with Crippen LogP contribution in [0.3, 0.4) is 0 Å². The molecule has 0 spiro atoms. The Labute approximate surface area is 256 Å². The highest BCUT2D eigenvalue weighted by atomic mass is 19.4. The van der Waals surface area contributed by atoms with E-state index in [0.717, 1.165) is 23.9 Å². The lowest BCUT2D eigenvalue weighted by molar-refractivity contribution is -0.143. The van der Waals surface area contributed by atoms with Gasteiger partial charge in [-0.15, -0.1) is 0 Å². The molecule has 45 heavy (non-hydrogen) atoms. The van der Waals surface area contributed by atoms with E-state index in [4.69, 9.17) is 4.74 Å². The summed E-state index contributed by atoms with van der Waals surface area (Å²) in [5.41, 5.74) is 2.93. The average Bonchev–Trinajstić information content (AvgIpc) is 2.98. The van der Waals surface area contributed by atoms with Gasteiger partial charge in [-0.1, -0.05) is 25.1 Å². The summed E-state index contributed by atoms with van der Waals surface area (Å²) in [4.78, 5) is 36.9. The topological polar surface area (TPSA) is 96.5 Å². The van der Waals surface area contributed by atoms with E-state index in [2.05, 4.69) is 15.3 Å². The third-order valence-corrected chi connectivity index (χ3v) is 7.32. The van der Waals surface area contributed by atoms with E-state index < -0.39 is 53.0 Å². The molecule has 0 aliphatic rings. The summed E-state index contributed by atoms with van der Waals surface area (Å²) in [5.74, 6) is -4.97. The minimum atomic E-state index is -4.66. The quantitative estimate of drug-likeness (QED) is 0.159. The summed E-state index contributed by atoms with van der Waals surface area (Å²) >= 11 is 0. The number of benzene rings is 2. The van der Waals surface area contributed by atoms with Gasteiger partial charge in [0.2, 0.25) is 0 Å². The lowest BCUT2D eigenvalue weighted by Crippen LogP contribution is -2.43. The van der Waals surface area contributed by atoms with E-state index in [1.165, 1.54) is 6.92 Å². The smallest absolute Gasteiger partial charge is 0.408 e. The van der Waals surface area contributed by atoms with Crippen molar-refractivity contribution in [3.05, 3.63) is 83.2 Å². The molecule has 2 aromatic carbocycles. The number of carbonyl (C=O) groups is 2. The Morgan fingerprint density at radius 1 is 1.02 bits per heavy atom. The molecule has 4 rings (SSSR count). The molecule has 0 aliphatic heterocycles. The van der Waals surface area contributed by atoms with E-state index in [9.17, 15) is 31.5 Å². The second-order valence-corrected chi connectivity index (χ2v) is 10.6. The van der Waals surface area contributed by atoms with Gasteiger partial charge in [-0.25, -0.2) is 13.6 Å². The van der Waals surface area contributed by atoms with Crippen LogP contribution in [0.15, 0.2) is 54.9 Å². The molecule has 2 N–H and O–H groups in total. The highest BCUT2D eigenvalue weighted by Crippen LogP contribution is 2.36. The molecule has 0 unspecified atom stereocenters. The van der Waals surface area contributed by atoms with Crippen LogP contribution >= 0.6 is 0 Å². The molecule has 0 fully saturated rings. The normalized spacial score (nSPS) is 12.8. The number of amides is 1. The summed E-state index contributed by atoms with van der Waals surface area (Å²) in [5, 5.41) is 5.01. The van der Waals surface area contributed by atoms with Crippen molar-refractivity contribution in [1.82, 2.24) is 15.3 Å². The summed E-state index contributed by atoms with van der Waals surface area (Å²) in [6.45, 7) is 3.23. The van der Waals surface area contributed by atoms with Gasteiger partial charge in [0.05, 0.1) is 24.0 Å². The summed E-state index contributed by atoms with van der Waals surface area (Å²) in [7, 11) is 4.91. The number of halogens is 5. The minimum absolute atomic E-state index is 0.130. The van der Waals surface area contributed by atoms with Crippen molar-refractivity contribution in [2.24, 2.45) is 0 Å². The van der Waals surface area contributed by atoms with Gasteiger partial charge in [0.15, 0.2) is 0 Å². The number of fused-ring (bicyclic) bond motifs is 1. The monoisotopic (exact) mass is 629 g/mol. The summed E-state index contributed by atoms with van der Waals surface area (Å²) < 4.78 is 74.2. The van der Waals surface area contributed by atoms with Gasteiger partial charge in [-0.05, 0) is 48.7 Å². The van der Waals surface area contributed by atoms with Crippen molar-refractivity contribution in [2.75, 3.05) is 31.4 Å². The number of nitrogens with one attached hydrogen (secondary N) is 2. The van der Waals surface area contributed by atoms with Crippen LogP contribution in [0.2, 0.25) is 0 Å². The first-order chi connectivity index (χ1) is 21.3. The molecule has 2 aromatic heterocycles.